The van der Waals surface area contributed by atoms with Crippen LogP contribution in [0, 0.1) is 11.3 Å². The van der Waals surface area contributed by atoms with Crippen LogP contribution in [-0.4, -0.2) is 56.3 Å². The van der Waals surface area contributed by atoms with Crippen molar-refractivity contribution in [1.82, 2.24) is 30.8 Å². The number of nitriles is 1. The van der Waals surface area contributed by atoms with Crippen LogP contribution in [0.15, 0.2) is 30.5 Å². The van der Waals surface area contributed by atoms with Gasteiger partial charge in [0, 0.05) is 37.6 Å². The fourth-order valence-corrected chi connectivity index (χ4v) is 3.15. The number of tetrazole rings is 1. The van der Waals surface area contributed by atoms with Crippen molar-refractivity contribution in [3.63, 3.8) is 0 Å². The number of H-pyrrole nitrogens is 1. The molecule has 31 heavy (non-hydrogen) atoms. The standard InChI is InChI=1S/C21H28N8O2/c1-21(2,3)31-20(30)29-10-8-18(9-11-29)23-13-15-4-6-17(7-5-15)24-14-16(12-22)19-25-27-28-26-19/h4-7,14,18,23-24H,8-11,13H2,1-3H3,(H,25,26,27,28). The number of nitrogens with one attached hydrogen (secondary N) is 3. The molecule has 1 saturated heterocycles. The minimum Gasteiger partial charge on any atom is -0.444 e. The van der Waals surface area contributed by atoms with E-state index >= 15 is 0 Å². The highest BCUT2D eigenvalue weighted by atomic mass is 16.6. The first kappa shape index (κ1) is 22.2. The summed E-state index contributed by atoms with van der Waals surface area (Å²) in [5, 5.41) is 29.2. The summed E-state index contributed by atoms with van der Waals surface area (Å²) in [5.41, 5.74) is 1.83. The molecule has 0 bridgehead atoms. The molecule has 1 aliphatic rings. The molecule has 0 radical (unpaired) electrons. The van der Waals surface area contributed by atoms with Crippen molar-refractivity contribution in [3.05, 3.63) is 41.9 Å². The van der Waals surface area contributed by atoms with Gasteiger partial charge in [-0.1, -0.05) is 12.1 Å². The molecule has 0 saturated carbocycles. The van der Waals surface area contributed by atoms with Crippen LogP contribution in [-0.2, 0) is 11.3 Å². The van der Waals surface area contributed by atoms with E-state index in [9.17, 15) is 10.1 Å². The second kappa shape index (κ2) is 10.0. The van der Waals surface area contributed by atoms with E-state index in [2.05, 4.69) is 31.3 Å². The number of rotatable bonds is 6. The fraction of sp³-hybridized carbons (Fsp3) is 0.476. The normalized spacial score (nSPS) is 15.4. The van der Waals surface area contributed by atoms with Crippen molar-refractivity contribution in [2.24, 2.45) is 0 Å². The van der Waals surface area contributed by atoms with Crippen LogP contribution in [0.1, 0.15) is 45.0 Å². The smallest absolute Gasteiger partial charge is 0.410 e. The predicted molar refractivity (Wildman–Crippen MR) is 116 cm³/mol. The number of hydrogen-bond acceptors (Lipinski definition) is 8. The third-order valence-corrected chi connectivity index (χ3v) is 4.79. The molecule has 1 aromatic carbocycles. The molecule has 1 aromatic heterocycles. The Hall–Kier alpha value is -3.45. The van der Waals surface area contributed by atoms with Crippen LogP contribution in [0.3, 0.4) is 0 Å². The summed E-state index contributed by atoms with van der Waals surface area (Å²) >= 11 is 0. The first-order valence-corrected chi connectivity index (χ1v) is 10.2. The highest BCUT2D eigenvalue weighted by Gasteiger charge is 2.26. The summed E-state index contributed by atoms with van der Waals surface area (Å²) in [6.07, 6.45) is 3.12. The number of carbonyl (C=O) groups is 1. The molecule has 2 heterocycles. The molecule has 3 N–H and O–H groups in total. The number of hydrogen-bond donors (Lipinski definition) is 3. The van der Waals surface area contributed by atoms with Gasteiger partial charge in [0.2, 0.25) is 5.82 Å². The van der Waals surface area contributed by atoms with E-state index in [1.807, 2.05) is 51.1 Å². The number of piperidine rings is 1. The van der Waals surface area contributed by atoms with E-state index < -0.39 is 5.60 Å². The van der Waals surface area contributed by atoms with Crippen molar-refractivity contribution in [1.29, 1.82) is 5.26 Å². The maximum atomic E-state index is 12.2. The second-order valence-electron chi connectivity index (χ2n) is 8.37. The minimum absolute atomic E-state index is 0.234. The number of benzene rings is 1. The van der Waals surface area contributed by atoms with E-state index in [0.717, 1.165) is 30.6 Å². The summed E-state index contributed by atoms with van der Waals surface area (Å²) in [5.74, 6) is 0.244. The number of carbonyl (C=O) groups excluding carboxylic acids is 1. The van der Waals surface area contributed by atoms with Gasteiger partial charge in [0.15, 0.2) is 0 Å². The highest BCUT2D eigenvalue weighted by molar-refractivity contribution is 5.74. The van der Waals surface area contributed by atoms with Gasteiger partial charge in [-0.25, -0.2) is 4.79 Å². The lowest BCUT2D eigenvalue weighted by Gasteiger charge is -2.33. The molecule has 0 unspecified atom stereocenters. The number of likely N-dealkylation sites (tertiary alicyclic amines) is 1. The van der Waals surface area contributed by atoms with Gasteiger partial charge in [0.25, 0.3) is 0 Å². The summed E-state index contributed by atoms with van der Waals surface area (Å²) < 4.78 is 5.44. The fourth-order valence-electron chi connectivity index (χ4n) is 3.15. The summed E-state index contributed by atoms with van der Waals surface area (Å²) in [4.78, 5) is 13.9. The Bertz CT molecular complexity index is 918. The maximum absolute atomic E-state index is 12.2. The Morgan fingerprint density at radius 1 is 1.32 bits per heavy atom. The van der Waals surface area contributed by atoms with E-state index in [0.29, 0.717) is 19.1 Å². The van der Waals surface area contributed by atoms with Gasteiger partial charge in [0.05, 0.1) is 0 Å². The van der Waals surface area contributed by atoms with Gasteiger partial charge >= 0.3 is 6.09 Å². The van der Waals surface area contributed by atoms with Crippen LogP contribution < -0.4 is 10.6 Å². The molecule has 0 aliphatic carbocycles. The number of amides is 1. The van der Waals surface area contributed by atoms with Crippen LogP contribution in [0.5, 0.6) is 0 Å². The Balaban J connectivity index is 1.43. The minimum atomic E-state index is -0.466. The van der Waals surface area contributed by atoms with Gasteiger partial charge in [0.1, 0.15) is 17.2 Å². The average Bonchev–Trinajstić information content (AvgIpc) is 3.27. The van der Waals surface area contributed by atoms with Crippen LogP contribution >= 0.6 is 0 Å². The number of allylic oxidation sites excluding steroid dienone is 1. The first-order valence-electron chi connectivity index (χ1n) is 10.2. The number of nitrogens with zero attached hydrogens (tertiary/aromatic N) is 5. The number of aromatic nitrogens is 4. The van der Waals surface area contributed by atoms with Gasteiger partial charge in [-0.15, -0.1) is 10.2 Å². The number of aromatic amines is 1. The maximum Gasteiger partial charge on any atom is 0.410 e. The molecule has 10 heteroatoms. The Morgan fingerprint density at radius 2 is 2.03 bits per heavy atom. The first-order chi connectivity index (χ1) is 14.8. The molecule has 164 valence electrons. The zero-order valence-electron chi connectivity index (χ0n) is 18.1. The summed E-state index contributed by atoms with van der Waals surface area (Å²) in [6.45, 7) is 7.79. The Kier molecular flexibility index (Phi) is 7.20. The van der Waals surface area contributed by atoms with E-state index in [4.69, 9.17) is 4.74 Å². The third-order valence-electron chi connectivity index (χ3n) is 4.79. The lowest BCUT2D eigenvalue weighted by molar-refractivity contribution is 0.0198. The molecule has 0 spiro atoms. The van der Waals surface area contributed by atoms with Crippen molar-refractivity contribution in [2.75, 3.05) is 18.4 Å². The monoisotopic (exact) mass is 424 g/mol. The quantitative estimate of drug-likeness (QED) is 0.603. The number of anilines is 1. The largest absolute Gasteiger partial charge is 0.444 e. The van der Waals surface area contributed by atoms with Crippen molar-refractivity contribution in [2.45, 2.75) is 51.8 Å². The molecule has 2 aromatic rings. The van der Waals surface area contributed by atoms with Crippen molar-refractivity contribution >= 4 is 17.4 Å². The lowest BCUT2D eigenvalue weighted by atomic mass is 10.0. The van der Waals surface area contributed by atoms with Gasteiger partial charge in [-0.05, 0) is 56.5 Å². The molecule has 0 atom stereocenters. The molecule has 3 rings (SSSR count). The Labute approximate surface area is 181 Å². The average molecular weight is 425 g/mol. The highest BCUT2D eigenvalue weighted by Crippen LogP contribution is 2.17. The van der Waals surface area contributed by atoms with Crippen LogP contribution in [0.2, 0.25) is 0 Å². The molecular formula is C21H28N8O2. The van der Waals surface area contributed by atoms with E-state index in [1.54, 1.807) is 11.1 Å². The van der Waals surface area contributed by atoms with Gasteiger partial charge in [-0.3, -0.25) is 0 Å². The Morgan fingerprint density at radius 3 is 2.61 bits per heavy atom. The number of ether oxygens (including phenoxy) is 1. The van der Waals surface area contributed by atoms with E-state index in [-0.39, 0.29) is 17.5 Å². The lowest BCUT2D eigenvalue weighted by Crippen LogP contribution is -2.46. The molecule has 1 aliphatic heterocycles. The predicted octanol–water partition coefficient (Wildman–Crippen LogP) is 2.67. The topological polar surface area (TPSA) is 132 Å². The van der Waals surface area contributed by atoms with Gasteiger partial charge < -0.3 is 20.3 Å². The zero-order chi connectivity index (χ0) is 22.3. The van der Waals surface area contributed by atoms with Gasteiger partial charge in [-0.2, -0.15) is 10.5 Å². The third kappa shape index (κ3) is 6.79. The van der Waals surface area contributed by atoms with Crippen molar-refractivity contribution < 1.29 is 9.53 Å². The molecule has 10 nitrogen and oxygen atoms in total. The second-order valence-corrected chi connectivity index (χ2v) is 8.37. The van der Waals surface area contributed by atoms with Crippen molar-refractivity contribution in [3.8, 4) is 6.07 Å². The SMILES string of the molecule is CC(C)(C)OC(=O)N1CCC(NCc2ccc(NC=C(C#N)c3nn[nH]n3)cc2)CC1. The molecular weight excluding hydrogens is 396 g/mol. The van der Waals surface area contributed by atoms with E-state index in [1.165, 1.54) is 0 Å². The van der Waals surface area contributed by atoms with Crippen LogP contribution in [0.25, 0.3) is 5.57 Å². The van der Waals surface area contributed by atoms with Crippen LogP contribution in [0.4, 0.5) is 10.5 Å². The zero-order valence-corrected chi connectivity index (χ0v) is 18.1. The molecule has 1 fully saturated rings. The summed E-state index contributed by atoms with van der Waals surface area (Å²) in [6, 6.07) is 10.4. The molecule has 1 amide bonds. The summed E-state index contributed by atoms with van der Waals surface area (Å²) in [7, 11) is 0.